The molecule has 2 aromatic rings. The van der Waals surface area contributed by atoms with Crippen LogP contribution < -0.4 is 5.32 Å². The molecule has 1 aliphatic rings. The third-order valence-corrected chi connectivity index (χ3v) is 3.45. The first-order valence-electron chi connectivity index (χ1n) is 6.42. The Morgan fingerprint density at radius 1 is 1.25 bits per heavy atom. The predicted molar refractivity (Wildman–Crippen MR) is 73.7 cm³/mol. The van der Waals surface area contributed by atoms with Gasteiger partial charge in [0.05, 0.1) is 4.92 Å². The Bertz CT molecular complexity index is 673. The van der Waals surface area contributed by atoms with Crippen molar-refractivity contribution in [1.82, 2.24) is 15.2 Å². The normalized spacial score (nSPS) is 15.5. The summed E-state index contributed by atoms with van der Waals surface area (Å²) in [6, 6.07) is 6.20. The largest absolute Gasteiger partial charge is 0.351 e. The first-order chi connectivity index (χ1) is 9.65. The van der Waals surface area contributed by atoms with E-state index in [4.69, 9.17) is 0 Å². The third-order valence-electron chi connectivity index (χ3n) is 3.45. The highest BCUT2D eigenvalue weighted by Gasteiger charge is 2.20. The third kappa shape index (κ3) is 2.23. The number of rotatable bonds is 2. The van der Waals surface area contributed by atoms with Gasteiger partial charge in [-0.1, -0.05) is 0 Å². The van der Waals surface area contributed by atoms with E-state index in [2.05, 4.69) is 10.3 Å². The highest BCUT2D eigenvalue weighted by molar-refractivity contribution is 5.98. The minimum absolute atomic E-state index is 0.0256. The van der Waals surface area contributed by atoms with Crippen LogP contribution in [0.4, 0.5) is 5.69 Å². The molecule has 0 radical (unpaired) electrons. The number of H-pyrrole nitrogens is 1. The zero-order valence-electron chi connectivity index (χ0n) is 10.8. The smallest absolute Gasteiger partial charge is 0.270 e. The number of nitro benzene ring substituents is 1. The Labute approximate surface area is 114 Å². The molecular formula is C13H14N4O3. The monoisotopic (exact) mass is 274 g/mol. The van der Waals surface area contributed by atoms with Gasteiger partial charge < -0.3 is 15.2 Å². The lowest BCUT2D eigenvalue weighted by Gasteiger charge is -2.26. The summed E-state index contributed by atoms with van der Waals surface area (Å²) in [6.07, 6.45) is 0. The average Bonchev–Trinajstić information content (AvgIpc) is 2.90. The van der Waals surface area contributed by atoms with E-state index in [1.807, 2.05) is 0 Å². The number of carbonyl (C=O) groups excluding carboxylic acids is 1. The number of nitrogens with zero attached hydrogens (tertiary/aromatic N) is 2. The van der Waals surface area contributed by atoms with Crippen LogP contribution in [-0.2, 0) is 0 Å². The van der Waals surface area contributed by atoms with Crippen molar-refractivity contribution >= 4 is 22.5 Å². The molecule has 0 saturated carbocycles. The van der Waals surface area contributed by atoms with E-state index in [9.17, 15) is 14.9 Å². The fraction of sp³-hybridized carbons (Fsp3) is 0.308. The number of fused-ring (bicyclic) bond motifs is 1. The summed E-state index contributed by atoms with van der Waals surface area (Å²) >= 11 is 0. The minimum atomic E-state index is -0.440. The lowest BCUT2D eigenvalue weighted by atomic mass is 10.2. The Hall–Kier alpha value is -2.41. The van der Waals surface area contributed by atoms with Crippen LogP contribution >= 0.6 is 0 Å². The number of aromatic nitrogens is 1. The first-order valence-corrected chi connectivity index (χ1v) is 6.42. The average molecular weight is 274 g/mol. The molecule has 0 spiro atoms. The number of amides is 1. The van der Waals surface area contributed by atoms with Gasteiger partial charge in [0.15, 0.2) is 0 Å². The quantitative estimate of drug-likeness (QED) is 0.634. The number of benzene rings is 1. The van der Waals surface area contributed by atoms with Gasteiger partial charge in [-0.2, -0.15) is 0 Å². The summed E-state index contributed by atoms with van der Waals surface area (Å²) in [5.41, 5.74) is 1.23. The summed E-state index contributed by atoms with van der Waals surface area (Å²) in [4.78, 5) is 27.4. The van der Waals surface area contributed by atoms with Gasteiger partial charge in [-0.25, -0.2) is 0 Å². The second kappa shape index (κ2) is 4.93. The van der Waals surface area contributed by atoms with Crippen LogP contribution in [0.15, 0.2) is 24.3 Å². The lowest BCUT2D eigenvalue weighted by Crippen LogP contribution is -2.46. The number of non-ortho nitro benzene ring substituents is 1. The fourth-order valence-electron chi connectivity index (χ4n) is 2.39. The van der Waals surface area contributed by atoms with Crippen molar-refractivity contribution < 1.29 is 9.72 Å². The minimum Gasteiger partial charge on any atom is -0.351 e. The molecule has 0 atom stereocenters. The fourth-order valence-corrected chi connectivity index (χ4v) is 2.39. The van der Waals surface area contributed by atoms with E-state index in [0.29, 0.717) is 24.2 Å². The molecule has 0 aliphatic carbocycles. The summed E-state index contributed by atoms with van der Waals surface area (Å²) in [7, 11) is 0. The predicted octanol–water partition coefficient (Wildman–Crippen LogP) is 1.12. The lowest BCUT2D eigenvalue weighted by molar-refractivity contribution is -0.384. The summed E-state index contributed by atoms with van der Waals surface area (Å²) < 4.78 is 0. The molecule has 3 rings (SSSR count). The van der Waals surface area contributed by atoms with Gasteiger partial charge in [-0.05, 0) is 12.1 Å². The number of hydrogen-bond donors (Lipinski definition) is 2. The van der Waals surface area contributed by atoms with E-state index < -0.39 is 4.92 Å². The molecule has 1 amide bonds. The van der Waals surface area contributed by atoms with Gasteiger partial charge in [-0.15, -0.1) is 0 Å². The molecule has 0 bridgehead atoms. The molecule has 7 heteroatoms. The van der Waals surface area contributed by atoms with E-state index in [1.165, 1.54) is 12.1 Å². The molecule has 7 nitrogen and oxygen atoms in total. The maximum atomic E-state index is 12.3. The van der Waals surface area contributed by atoms with Gasteiger partial charge in [0.2, 0.25) is 0 Å². The number of piperazine rings is 1. The van der Waals surface area contributed by atoms with Crippen molar-refractivity contribution in [2.45, 2.75) is 0 Å². The number of hydrogen-bond acceptors (Lipinski definition) is 4. The summed E-state index contributed by atoms with van der Waals surface area (Å²) in [5.74, 6) is -0.0645. The van der Waals surface area contributed by atoms with Gasteiger partial charge in [0, 0.05) is 49.2 Å². The van der Waals surface area contributed by atoms with Gasteiger partial charge in [-0.3, -0.25) is 14.9 Å². The van der Waals surface area contributed by atoms with Crippen molar-refractivity contribution in [3.63, 3.8) is 0 Å². The SMILES string of the molecule is O=C(c1cc2cc([N+](=O)[O-])ccc2[nH]1)N1CCNCC1. The van der Waals surface area contributed by atoms with Crippen molar-refractivity contribution in [2.24, 2.45) is 0 Å². The molecule has 1 aliphatic heterocycles. The van der Waals surface area contributed by atoms with Crippen molar-refractivity contribution in [2.75, 3.05) is 26.2 Å². The standard InChI is InChI=1S/C13H14N4O3/c18-13(16-5-3-14-4-6-16)12-8-9-7-10(17(19)20)1-2-11(9)15-12/h1-2,7-8,14-15H,3-6H2. The van der Waals surface area contributed by atoms with Gasteiger partial charge in [0.25, 0.3) is 11.6 Å². The first kappa shape index (κ1) is 12.6. The molecule has 1 aromatic heterocycles. The molecule has 0 unspecified atom stereocenters. The van der Waals surface area contributed by atoms with E-state index in [0.717, 1.165) is 18.6 Å². The molecule has 2 N–H and O–H groups in total. The van der Waals surface area contributed by atoms with Crippen LogP contribution in [0.2, 0.25) is 0 Å². The Kier molecular flexibility index (Phi) is 3.11. The number of nitro groups is 1. The molecule has 104 valence electrons. The van der Waals surface area contributed by atoms with Crippen molar-refractivity contribution in [3.8, 4) is 0 Å². The van der Waals surface area contributed by atoms with Crippen LogP contribution in [0, 0.1) is 10.1 Å². The van der Waals surface area contributed by atoms with Crippen LogP contribution in [0.5, 0.6) is 0 Å². The van der Waals surface area contributed by atoms with Crippen LogP contribution in [-0.4, -0.2) is 46.9 Å². The Balaban J connectivity index is 1.92. The molecule has 2 heterocycles. The summed E-state index contributed by atoms with van der Waals surface area (Å²) in [5, 5.41) is 14.6. The van der Waals surface area contributed by atoms with Gasteiger partial charge in [0.1, 0.15) is 5.69 Å². The summed E-state index contributed by atoms with van der Waals surface area (Å²) in [6.45, 7) is 2.93. The second-order valence-electron chi connectivity index (χ2n) is 4.75. The van der Waals surface area contributed by atoms with E-state index in [1.54, 1.807) is 17.0 Å². The highest BCUT2D eigenvalue weighted by atomic mass is 16.6. The molecule has 1 aromatic carbocycles. The zero-order valence-corrected chi connectivity index (χ0v) is 10.8. The van der Waals surface area contributed by atoms with Crippen molar-refractivity contribution in [3.05, 3.63) is 40.1 Å². The molecular weight excluding hydrogens is 260 g/mol. The topological polar surface area (TPSA) is 91.3 Å². The molecule has 1 saturated heterocycles. The van der Waals surface area contributed by atoms with Crippen LogP contribution in [0.1, 0.15) is 10.5 Å². The number of aromatic amines is 1. The maximum Gasteiger partial charge on any atom is 0.270 e. The maximum absolute atomic E-state index is 12.3. The second-order valence-corrected chi connectivity index (χ2v) is 4.75. The number of carbonyl (C=O) groups is 1. The van der Waals surface area contributed by atoms with E-state index in [-0.39, 0.29) is 11.6 Å². The molecule has 1 fully saturated rings. The van der Waals surface area contributed by atoms with Crippen LogP contribution in [0.25, 0.3) is 10.9 Å². The zero-order chi connectivity index (χ0) is 14.1. The highest BCUT2D eigenvalue weighted by Crippen LogP contribution is 2.22. The number of nitrogens with one attached hydrogen (secondary N) is 2. The molecule has 20 heavy (non-hydrogen) atoms. The van der Waals surface area contributed by atoms with Crippen LogP contribution in [0.3, 0.4) is 0 Å². The van der Waals surface area contributed by atoms with E-state index >= 15 is 0 Å². The Morgan fingerprint density at radius 2 is 2.00 bits per heavy atom. The van der Waals surface area contributed by atoms with Crippen molar-refractivity contribution in [1.29, 1.82) is 0 Å². The Morgan fingerprint density at radius 3 is 2.70 bits per heavy atom. The van der Waals surface area contributed by atoms with Gasteiger partial charge >= 0.3 is 0 Å².